The molecule has 2 N–H and O–H groups in total. The third-order valence-electron chi connectivity index (χ3n) is 4.35. The van der Waals surface area contributed by atoms with Crippen LogP contribution in [0.1, 0.15) is 18.1 Å². The van der Waals surface area contributed by atoms with Gasteiger partial charge in [-0.05, 0) is 37.3 Å². The van der Waals surface area contributed by atoms with Crippen LogP contribution in [-0.4, -0.2) is 69.8 Å². The van der Waals surface area contributed by atoms with Crippen LogP contribution in [-0.2, 0) is 16.4 Å². The van der Waals surface area contributed by atoms with Gasteiger partial charge in [-0.2, -0.15) is 0 Å². The topological polar surface area (TPSA) is 73.8 Å². The van der Waals surface area contributed by atoms with E-state index in [0.717, 1.165) is 25.6 Å². The molecule has 0 unspecified atom stereocenters. The molecule has 0 atom stereocenters. The molecule has 146 valence electrons. The van der Waals surface area contributed by atoms with E-state index in [-0.39, 0.29) is 11.5 Å². The van der Waals surface area contributed by atoms with Crippen LogP contribution in [0.25, 0.3) is 0 Å². The first-order valence-corrected chi connectivity index (χ1v) is 12.1. The Hall–Kier alpha value is -1.25. The monoisotopic (exact) mass is 398 g/mol. The number of sulfone groups is 1. The molecule has 1 aromatic carbocycles. The maximum absolute atomic E-state index is 11.5. The maximum atomic E-state index is 11.5. The Morgan fingerprint density at radius 3 is 2.65 bits per heavy atom. The Morgan fingerprint density at radius 1 is 1.27 bits per heavy atom. The van der Waals surface area contributed by atoms with Crippen molar-refractivity contribution >= 4 is 27.6 Å². The summed E-state index contributed by atoms with van der Waals surface area (Å²) in [6, 6.07) is 6.46. The minimum Gasteiger partial charge on any atom is -0.357 e. The zero-order valence-electron chi connectivity index (χ0n) is 15.9. The average Bonchev–Trinajstić information content (AvgIpc) is 2.61. The number of aliphatic imine (C=N–C) groups is 1. The van der Waals surface area contributed by atoms with E-state index in [1.165, 1.54) is 16.0 Å². The van der Waals surface area contributed by atoms with Crippen molar-refractivity contribution in [3.8, 4) is 0 Å². The molecule has 1 fully saturated rings. The minimum atomic E-state index is -2.81. The highest BCUT2D eigenvalue weighted by atomic mass is 32.2. The second-order valence-electron chi connectivity index (χ2n) is 6.43. The molecule has 8 heteroatoms. The fourth-order valence-electron chi connectivity index (χ4n) is 2.79. The minimum absolute atomic E-state index is 0.270. The second-order valence-corrected chi connectivity index (χ2v) is 9.58. The summed E-state index contributed by atoms with van der Waals surface area (Å²) in [5.74, 6) is 1.34. The Labute approximate surface area is 161 Å². The fourth-order valence-corrected chi connectivity index (χ4v) is 4.77. The number of guanidine groups is 1. The van der Waals surface area contributed by atoms with Gasteiger partial charge < -0.3 is 10.6 Å². The standard InChI is InChI=1S/C18H30N4O2S2/c1-4-19-18(20-7-8-22-9-11-26(23,24)12-10-22)21-14-16-6-5-15(2)13-17(16)25-3/h5-6,13H,4,7-12,14H2,1-3H3,(H2,19,20,21). The Kier molecular flexibility index (Phi) is 8.24. The number of nitrogens with zero attached hydrogens (tertiary/aromatic N) is 2. The molecule has 0 bridgehead atoms. The van der Waals surface area contributed by atoms with Gasteiger partial charge >= 0.3 is 0 Å². The van der Waals surface area contributed by atoms with Gasteiger partial charge in [-0.3, -0.25) is 4.90 Å². The van der Waals surface area contributed by atoms with Gasteiger partial charge in [0.25, 0.3) is 0 Å². The van der Waals surface area contributed by atoms with Gasteiger partial charge in [-0.1, -0.05) is 12.1 Å². The van der Waals surface area contributed by atoms with Gasteiger partial charge in [-0.15, -0.1) is 11.8 Å². The number of aryl methyl sites for hydroxylation is 1. The molecule has 1 aliphatic heterocycles. The van der Waals surface area contributed by atoms with Crippen LogP contribution in [0.5, 0.6) is 0 Å². The molecule has 0 aliphatic carbocycles. The second kappa shape index (κ2) is 10.2. The highest BCUT2D eigenvalue weighted by Gasteiger charge is 2.20. The lowest BCUT2D eigenvalue weighted by molar-refractivity contribution is 0.299. The van der Waals surface area contributed by atoms with E-state index in [1.807, 2.05) is 6.92 Å². The van der Waals surface area contributed by atoms with Crippen LogP contribution >= 0.6 is 11.8 Å². The number of hydrogen-bond donors (Lipinski definition) is 2. The van der Waals surface area contributed by atoms with E-state index in [4.69, 9.17) is 4.99 Å². The molecule has 0 aromatic heterocycles. The third kappa shape index (κ3) is 6.81. The molecule has 0 saturated carbocycles. The van der Waals surface area contributed by atoms with Crippen LogP contribution in [0.3, 0.4) is 0 Å². The summed E-state index contributed by atoms with van der Waals surface area (Å²) in [5, 5.41) is 6.62. The Balaban J connectivity index is 1.87. The normalized spacial score (nSPS) is 17.9. The zero-order valence-corrected chi connectivity index (χ0v) is 17.5. The molecule has 1 aromatic rings. The van der Waals surface area contributed by atoms with E-state index in [9.17, 15) is 8.42 Å². The number of hydrogen-bond acceptors (Lipinski definition) is 5. The average molecular weight is 399 g/mol. The largest absolute Gasteiger partial charge is 0.357 e. The molecule has 1 heterocycles. The maximum Gasteiger partial charge on any atom is 0.191 e. The number of benzene rings is 1. The van der Waals surface area contributed by atoms with Crippen LogP contribution in [0.4, 0.5) is 0 Å². The van der Waals surface area contributed by atoms with Crippen molar-refractivity contribution in [1.29, 1.82) is 0 Å². The van der Waals surface area contributed by atoms with Crippen molar-refractivity contribution in [2.75, 3.05) is 50.5 Å². The quantitative estimate of drug-likeness (QED) is 0.412. The van der Waals surface area contributed by atoms with Crippen molar-refractivity contribution in [2.45, 2.75) is 25.3 Å². The Morgan fingerprint density at radius 2 is 2.00 bits per heavy atom. The molecule has 6 nitrogen and oxygen atoms in total. The predicted molar refractivity (Wildman–Crippen MR) is 111 cm³/mol. The van der Waals surface area contributed by atoms with Gasteiger partial charge in [0.2, 0.25) is 0 Å². The third-order valence-corrected chi connectivity index (χ3v) is 6.78. The lowest BCUT2D eigenvalue weighted by Gasteiger charge is -2.26. The first kappa shape index (κ1) is 21.1. The lowest BCUT2D eigenvalue weighted by atomic mass is 10.1. The summed E-state index contributed by atoms with van der Waals surface area (Å²) >= 11 is 1.75. The summed E-state index contributed by atoms with van der Waals surface area (Å²) in [6.07, 6.45) is 2.09. The lowest BCUT2D eigenvalue weighted by Crippen LogP contribution is -2.45. The fraction of sp³-hybridized carbons (Fsp3) is 0.611. The molecule has 0 radical (unpaired) electrons. The van der Waals surface area contributed by atoms with Crippen molar-refractivity contribution in [3.63, 3.8) is 0 Å². The van der Waals surface area contributed by atoms with Gasteiger partial charge in [0, 0.05) is 37.6 Å². The molecular weight excluding hydrogens is 368 g/mol. The van der Waals surface area contributed by atoms with Gasteiger partial charge in [0.15, 0.2) is 15.8 Å². The summed E-state index contributed by atoms with van der Waals surface area (Å²) in [6.45, 7) is 8.40. The summed E-state index contributed by atoms with van der Waals surface area (Å²) in [5.41, 5.74) is 2.48. The molecule has 26 heavy (non-hydrogen) atoms. The van der Waals surface area contributed by atoms with Crippen LogP contribution < -0.4 is 10.6 Å². The smallest absolute Gasteiger partial charge is 0.191 e. The first-order chi connectivity index (χ1) is 12.4. The van der Waals surface area contributed by atoms with E-state index in [2.05, 4.69) is 46.9 Å². The highest BCUT2D eigenvalue weighted by Crippen LogP contribution is 2.22. The summed E-state index contributed by atoms with van der Waals surface area (Å²) < 4.78 is 23.0. The van der Waals surface area contributed by atoms with E-state index in [1.54, 1.807) is 11.8 Å². The molecule has 2 rings (SSSR count). The number of rotatable bonds is 7. The van der Waals surface area contributed by atoms with Gasteiger partial charge in [-0.25, -0.2) is 13.4 Å². The number of thioether (sulfide) groups is 1. The zero-order chi connectivity index (χ0) is 19.0. The Bertz CT molecular complexity index is 706. The van der Waals surface area contributed by atoms with Crippen molar-refractivity contribution in [1.82, 2.24) is 15.5 Å². The van der Waals surface area contributed by atoms with Crippen molar-refractivity contribution in [2.24, 2.45) is 4.99 Å². The molecule has 0 spiro atoms. The summed E-state index contributed by atoms with van der Waals surface area (Å²) in [7, 11) is -2.81. The van der Waals surface area contributed by atoms with Crippen LogP contribution in [0.2, 0.25) is 0 Å². The first-order valence-electron chi connectivity index (χ1n) is 9.02. The molecule has 1 aliphatic rings. The van der Waals surface area contributed by atoms with Crippen LogP contribution in [0, 0.1) is 6.92 Å². The van der Waals surface area contributed by atoms with E-state index in [0.29, 0.717) is 19.6 Å². The molecular formula is C18H30N4O2S2. The van der Waals surface area contributed by atoms with E-state index >= 15 is 0 Å². The van der Waals surface area contributed by atoms with Gasteiger partial charge in [0.1, 0.15) is 0 Å². The molecule has 1 saturated heterocycles. The SMILES string of the molecule is CCNC(=NCc1ccc(C)cc1SC)NCCN1CCS(=O)(=O)CC1. The highest BCUT2D eigenvalue weighted by molar-refractivity contribution is 7.98. The van der Waals surface area contributed by atoms with Crippen molar-refractivity contribution in [3.05, 3.63) is 29.3 Å². The number of nitrogens with one attached hydrogen (secondary N) is 2. The molecule has 0 amide bonds. The van der Waals surface area contributed by atoms with Crippen LogP contribution in [0.15, 0.2) is 28.1 Å². The van der Waals surface area contributed by atoms with Gasteiger partial charge in [0.05, 0.1) is 18.1 Å². The van der Waals surface area contributed by atoms with Crippen molar-refractivity contribution < 1.29 is 8.42 Å². The predicted octanol–water partition coefficient (Wildman–Crippen LogP) is 1.50. The summed E-state index contributed by atoms with van der Waals surface area (Å²) in [4.78, 5) is 8.14. The van der Waals surface area contributed by atoms with E-state index < -0.39 is 9.84 Å².